The summed E-state index contributed by atoms with van der Waals surface area (Å²) < 4.78 is 13.9. The van der Waals surface area contributed by atoms with Gasteiger partial charge in [-0.15, -0.1) is 0 Å². The first-order valence-electron chi connectivity index (χ1n) is 9.09. The summed E-state index contributed by atoms with van der Waals surface area (Å²) in [5, 5.41) is 0.484. The van der Waals surface area contributed by atoms with Gasteiger partial charge in [-0.05, 0) is 50.9 Å². The summed E-state index contributed by atoms with van der Waals surface area (Å²) >= 11 is 6.12. The highest BCUT2D eigenvalue weighted by molar-refractivity contribution is 6.31. The molecule has 2 fully saturated rings. The van der Waals surface area contributed by atoms with E-state index in [2.05, 4.69) is 9.80 Å². The number of hydrogen-bond donors (Lipinski definition) is 0. The number of nitrogens with zero attached hydrogens (tertiary/aromatic N) is 2. The summed E-state index contributed by atoms with van der Waals surface area (Å²) in [6.07, 6.45) is 6.48. The van der Waals surface area contributed by atoms with Gasteiger partial charge in [-0.2, -0.15) is 0 Å². The van der Waals surface area contributed by atoms with Crippen molar-refractivity contribution in [2.45, 2.75) is 45.1 Å². The summed E-state index contributed by atoms with van der Waals surface area (Å²) in [5.74, 6) is 0.223. The minimum absolute atomic E-state index is 0.135. The Kier molecular flexibility index (Phi) is 6.12. The Balaban J connectivity index is 1.53. The standard InChI is InChI=1S/C19H26ClFN2O/c20-17-6-5-7-18(21)16(17)14-22-12-8-15(9-13-22)19(24)23-10-3-1-2-4-11-23/h5-7,15H,1-4,8-14H2. The quantitative estimate of drug-likeness (QED) is 0.817. The predicted octanol–water partition coefficient (Wildman–Crippen LogP) is 4.09. The van der Waals surface area contributed by atoms with Gasteiger partial charge >= 0.3 is 0 Å². The van der Waals surface area contributed by atoms with Crippen LogP contribution in [-0.4, -0.2) is 41.9 Å². The smallest absolute Gasteiger partial charge is 0.225 e. The molecule has 0 bridgehead atoms. The van der Waals surface area contributed by atoms with Gasteiger partial charge in [0.2, 0.25) is 5.91 Å². The number of likely N-dealkylation sites (tertiary alicyclic amines) is 2. The minimum atomic E-state index is -0.245. The zero-order valence-electron chi connectivity index (χ0n) is 14.1. The number of carbonyl (C=O) groups excluding carboxylic acids is 1. The van der Waals surface area contributed by atoms with Crippen molar-refractivity contribution >= 4 is 17.5 Å². The Morgan fingerprint density at radius 3 is 2.38 bits per heavy atom. The second-order valence-electron chi connectivity index (χ2n) is 6.99. The molecule has 0 spiro atoms. The molecule has 2 aliphatic heterocycles. The highest BCUT2D eigenvalue weighted by Gasteiger charge is 2.29. The fraction of sp³-hybridized carbons (Fsp3) is 0.632. The van der Waals surface area contributed by atoms with Gasteiger partial charge in [0, 0.05) is 36.1 Å². The highest BCUT2D eigenvalue weighted by atomic mass is 35.5. The fourth-order valence-electron chi connectivity index (χ4n) is 3.79. The molecule has 1 amide bonds. The maximum absolute atomic E-state index is 13.9. The number of halogens is 2. The van der Waals surface area contributed by atoms with E-state index in [4.69, 9.17) is 11.6 Å². The summed E-state index contributed by atoms with van der Waals surface area (Å²) in [6.45, 7) is 4.02. The van der Waals surface area contributed by atoms with E-state index >= 15 is 0 Å². The van der Waals surface area contributed by atoms with E-state index in [1.807, 2.05) is 0 Å². The Labute approximate surface area is 148 Å². The molecule has 0 aromatic heterocycles. The van der Waals surface area contributed by atoms with E-state index < -0.39 is 0 Å². The molecular weight excluding hydrogens is 327 g/mol. The molecule has 1 aromatic rings. The van der Waals surface area contributed by atoms with Gasteiger partial charge in [0.15, 0.2) is 0 Å². The zero-order valence-corrected chi connectivity index (χ0v) is 14.9. The van der Waals surface area contributed by atoms with Crippen molar-refractivity contribution in [2.75, 3.05) is 26.2 Å². The number of piperidine rings is 1. The third kappa shape index (κ3) is 4.28. The molecule has 3 rings (SSSR count). The van der Waals surface area contributed by atoms with Crippen molar-refractivity contribution in [3.8, 4) is 0 Å². The summed E-state index contributed by atoms with van der Waals surface area (Å²) in [6, 6.07) is 4.82. The van der Waals surface area contributed by atoms with Crippen molar-refractivity contribution in [1.29, 1.82) is 0 Å². The van der Waals surface area contributed by atoms with E-state index in [1.165, 1.54) is 18.9 Å². The molecule has 0 N–H and O–H groups in total. The van der Waals surface area contributed by atoms with Gasteiger partial charge in [0.05, 0.1) is 0 Å². The van der Waals surface area contributed by atoms with Crippen molar-refractivity contribution in [1.82, 2.24) is 9.80 Å². The van der Waals surface area contributed by atoms with E-state index in [0.29, 0.717) is 23.0 Å². The number of benzene rings is 1. The lowest BCUT2D eigenvalue weighted by atomic mass is 9.94. The third-order valence-electron chi connectivity index (χ3n) is 5.30. The van der Waals surface area contributed by atoms with Crippen LogP contribution < -0.4 is 0 Å². The number of rotatable bonds is 3. The molecular formula is C19H26ClFN2O. The van der Waals surface area contributed by atoms with Gasteiger partial charge in [-0.1, -0.05) is 30.5 Å². The van der Waals surface area contributed by atoms with Gasteiger partial charge < -0.3 is 4.90 Å². The summed E-state index contributed by atoms with van der Waals surface area (Å²) in [7, 11) is 0. The van der Waals surface area contributed by atoms with Crippen LogP contribution in [0.1, 0.15) is 44.1 Å². The van der Waals surface area contributed by atoms with Gasteiger partial charge in [-0.3, -0.25) is 9.69 Å². The van der Waals surface area contributed by atoms with E-state index in [1.54, 1.807) is 12.1 Å². The molecule has 0 aliphatic carbocycles. The van der Waals surface area contributed by atoms with Crippen LogP contribution in [0, 0.1) is 11.7 Å². The predicted molar refractivity (Wildman–Crippen MR) is 94.5 cm³/mol. The lowest BCUT2D eigenvalue weighted by Gasteiger charge is -2.34. The number of hydrogen-bond acceptors (Lipinski definition) is 2. The van der Waals surface area contributed by atoms with Crippen LogP contribution in [0.25, 0.3) is 0 Å². The number of carbonyl (C=O) groups is 1. The second-order valence-corrected chi connectivity index (χ2v) is 7.40. The molecule has 2 heterocycles. The van der Waals surface area contributed by atoms with E-state index in [-0.39, 0.29) is 11.7 Å². The molecule has 0 radical (unpaired) electrons. The molecule has 24 heavy (non-hydrogen) atoms. The maximum atomic E-state index is 13.9. The molecule has 3 nitrogen and oxygen atoms in total. The third-order valence-corrected chi connectivity index (χ3v) is 5.65. The van der Waals surface area contributed by atoms with Crippen molar-refractivity contribution in [2.24, 2.45) is 5.92 Å². The van der Waals surface area contributed by atoms with Crippen LogP contribution in [-0.2, 0) is 11.3 Å². The Hall–Kier alpha value is -1.13. The van der Waals surface area contributed by atoms with E-state index in [0.717, 1.165) is 51.9 Å². The zero-order chi connectivity index (χ0) is 16.9. The van der Waals surface area contributed by atoms with Crippen molar-refractivity contribution in [3.63, 3.8) is 0 Å². The Morgan fingerprint density at radius 1 is 1.08 bits per heavy atom. The van der Waals surface area contributed by atoms with Crippen LogP contribution in [0.4, 0.5) is 4.39 Å². The van der Waals surface area contributed by atoms with Crippen LogP contribution in [0.5, 0.6) is 0 Å². The van der Waals surface area contributed by atoms with Gasteiger partial charge in [-0.25, -0.2) is 4.39 Å². The monoisotopic (exact) mass is 352 g/mol. The number of amides is 1. The van der Waals surface area contributed by atoms with Crippen LogP contribution in [0.15, 0.2) is 18.2 Å². The average molecular weight is 353 g/mol. The van der Waals surface area contributed by atoms with Crippen LogP contribution >= 0.6 is 11.6 Å². The Morgan fingerprint density at radius 2 is 1.75 bits per heavy atom. The SMILES string of the molecule is O=C(C1CCN(Cc2c(F)cccc2Cl)CC1)N1CCCCCC1. The lowest BCUT2D eigenvalue weighted by Crippen LogP contribution is -2.42. The normalized spacial score (nSPS) is 20.8. The summed E-state index contributed by atoms with van der Waals surface area (Å²) in [5.41, 5.74) is 0.566. The van der Waals surface area contributed by atoms with Gasteiger partial charge in [0.1, 0.15) is 5.82 Å². The molecule has 2 aliphatic rings. The first-order valence-corrected chi connectivity index (χ1v) is 9.47. The molecule has 1 aromatic carbocycles. The van der Waals surface area contributed by atoms with Crippen molar-refractivity contribution in [3.05, 3.63) is 34.6 Å². The second kappa shape index (κ2) is 8.30. The molecule has 0 unspecified atom stereocenters. The first kappa shape index (κ1) is 17.7. The Bertz CT molecular complexity index is 544. The topological polar surface area (TPSA) is 23.6 Å². The molecule has 5 heteroatoms. The molecule has 0 atom stereocenters. The minimum Gasteiger partial charge on any atom is -0.342 e. The largest absolute Gasteiger partial charge is 0.342 e. The van der Waals surface area contributed by atoms with E-state index in [9.17, 15) is 9.18 Å². The molecule has 0 saturated carbocycles. The molecule has 2 saturated heterocycles. The highest BCUT2D eigenvalue weighted by Crippen LogP contribution is 2.26. The van der Waals surface area contributed by atoms with Crippen molar-refractivity contribution < 1.29 is 9.18 Å². The first-order chi connectivity index (χ1) is 11.6. The molecule has 132 valence electrons. The lowest BCUT2D eigenvalue weighted by molar-refractivity contribution is -0.137. The van der Waals surface area contributed by atoms with Gasteiger partial charge in [0.25, 0.3) is 0 Å². The fourth-order valence-corrected chi connectivity index (χ4v) is 4.02. The van der Waals surface area contributed by atoms with Crippen LogP contribution in [0.2, 0.25) is 5.02 Å². The summed E-state index contributed by atoms with van der Waals surface area (Å²) in [4.78, 5) is 17.0. The van der Waals surface area contributed by atoms with Crippen LogP contribution in [0.3, 0.4) is 0 Å². The average Bonchev–Trinajstić information content (AvgIpc) is 2.88. The maximum Gasteiger partial charge on any atom is 0.225 e.